The topological polar surface area (TPSA) is 58.6 Å². The first kappa shape index (κ1) is 11.1. The van der Waals surface area contributed by atoms with Gasteiger partial charge in [0.2, 0.25) is 0 Å². The predicted molar refractivity (Wildman–Crippen MR) is 58.0 cm³/mol. The number of carboxylic acid groups (broad SMARTS) is 1. The standard InChI is InChI=1S/C11H13NO3/c1-8(2)12-9-3-5-10(6-4-9)15-7-11(13)14/h3-6,12H,1,7H2,2H3,(H,13,14). The van der Waals surface area contributed by atoms with Crippen LogP contribution in [0.15, 0.2) is 36.5 Å². The molecule has 0 amide bonds. The van der Waals surface area contributed by atoms with Gasteiger partial charge in [-0.05, 0) is 31.2 Å². The van der Waals surface area contributed by atoms with E-state index < -0.39 is 5.97 Å². The molecule has 0 aromatic heterocycles. The first-order valence-electron chi connectivity index (χ1n) is 4.45. The second-order valence-electron chi connectivity index (χ2n) is 3.11. The minimum absolute atomic E-state index is 0.326. The van der Waals surface area contributed by atoms with E-state index in [4.69, 9.17) is 9.84 Å². The molecule has 80 valence electrons. The Kier molecular flexibility index (Phi) is 3.74. The Balaban J connectivity index is 2.56. The number of carboxylic acids is 1. The molecule has 0 radical (unpaired) electrons. The summed E-state index contributed by atoms with van der Waals surface area (Å²) in [6.07, 6.45) is 0. The Morgan fingerprint density at radius 2 is 2.07 bits per heavy atom. The van der Waals surface area contributed by atoms with Crippen molar-refractivity contribution in [1.29, 1.82) is 0 Å². The lowest BCUT2D eigenvalue weighted by Gasteiger charge is -2.06. The van der Waals surface area contributed by atoms with Crippen molar-refractivity contribution in [2.45, 2.75) is 6.92 Å². The van der Waals surface area contributed by atoms with E-state index in [2.05, 4.69) is 11.9 Å². The molecule has 2 N–H and O–H groups in total. The van der Waals surface area contributed by atoms with Crippen LogP contribution in [-0.4, -0.2) is 17.7 Å². The molecule has 0 unspecified atom stereocenters. The summed E-state index contributed by atoms with van der Waals surface area (Å²) < 4.78 is 4.98. The van der Waals surface area contributed by atoms with Crippen LogP contribution in [0.2, 0.25) is 0 Å². The Bertz CT molecular complexity index is 357. The molecule has 0 aliphatic carbocycles. The van der Waals surface area contributed by atoms with Gasteiger partial charge in [-0.15, -0.1) is 0 Å². The number of carbonyl (C=O) groups is 1. The van der Waals surface area contributed by atoms with Crippen molar-refractivity contribution < 1.29 is 14.6 Å². The molecule has 1 aromatic rings. The Morgan fingerprint density at radius 3 is 2.53 bits per heavy atom. The Hall–Kier alpha value is -1.97. The molecule has 1 rings (SSSR count). The molecular formula is C11H13NO3. The fourth-order valence-corrected chi connectivity index (χ4v) is 1.03. The van der Waals surface area contributed by atoms with Gasteiger partial charge < -0.3 is 15.2 Å². The summed E-state index contributed by atoms with van der Waals surface area (Å²) in [5.41, 5.74) is 1.74. The van der Waals surface area contributed by atoms with Crippen LogP contribution in [0.25, 0.3) is 0 Å². The highest BCUT2D eigenvalue weighted by molar-refractivity contribution is 5.68. The number of hydrogen-bond acceptors (Lipinski definition) is 3. The number of ether oxygens (including phenoxy) is 1. The quantitative estimate of drug-likeness (QED) is 0.776. The van der Waals surface area contributed by atoms with Gasteiger partial charge in [0.15, 0.2) is 6.61 Å². The lowest BCUT2D eigenvalue weighted by Crippen LogP contribution is -2.09. The molecule has 0 aliphatic heterocycles. The van der Waals surface area contributed by atoms with Crippen LogP contribution in [0, 0.1) is 0 Å². The lowest BCUT2D eigenvalue weighted by molar-refractivity contribution is -0.139. The average Bonchev–Trinajstić information content (AvgIpc) is 2.16. The van der Waals surface area contributed by atoms with Gasteiger partial charge in [0.25, 0.3) is 0 Å². The summed E-state index contributed by atoms with van der Waals surface area (Å²) in [5, 5.41) is 11.4. The number of hydrogen-bond donors (Lipinski definition) is 2. The van der Waals surface area contributed by atoms with Crippen molar-refractivity contribution in [2.24, 2.45) is 0 Å². The smallest absolute Gasteiger partial charge is 0.341 e. The SMILES string of the molecule is C=C(C)Nc1ccc(OCC(=O)O)cc1. The molecular weight excluding hydrogens is 194 g/mol. The zero-order valence-corrected chi connectivity index (χ0v) is 8.49. The van der Waals surface area contributed by atoms with Crippen LogP contribution >= 0.6 is 0 Å². The van der Waals surface area contributed by atoms with Crippen molar-refractivity contribution in [3.8, 4) is 5.75 Å². The molecule has 0 bridgehead atoms. The fourth-order valence-electron chi connectivity index (χ4n) is 1.03. The number of allylic oxidation sites excluding steroid dienone is 1. The maximum Gasteiger partial charge on any atom is 0.341 e. The van der Waals surface area contributed by atoms with Gasteiger partial charge in [-0.2, -0.15) is 0 Å². The summed E-state index contributed by atoms with van der Waals surface area (Å²) in [6.45, 7) is 5.24. The van der Waals surface area contributed by atoms with Crippen LogP contribution in [0.3, 0.4) is 0 Å². The number of aliphatic carboxylic acids is 1. The normalized spacial score (nSPS) is 9.40. The third-order valence-corrected chi connectivity index (χ3v) is 1.57. The van der Waals surface area contributed by atoms with Gasteiger partial charge in [-0.25, -0.2) is 4.79 Å². The number of anilines is 1. The summed E-state index contributed by atoms with van der Waals surface area (Å²) in [5.74, 6) is -0.455. The maximum atomic E-state index is 10.2. The van der Waals surface area contributed by atoms with E-state index in [-0.39, 0.29) is 6.61 Å². The second-order valence-corrected chi connectivity index (χ2v) is 3.11. The minimum Gasteiger partial charge on any atom is -0.482 e. The first-order valence-corrected chi connectivity index (χ1v) is 4.45. The maximum absolute atomic E-state index is 10.2. The molecule has 0 saturated heterocycles. The largest absolute Gasteiger partial charge is 0.482 e. The van der Waals surface area contributed by atoms with E-state index in [1.807, 2.05) is 6.92 Å². The van der Waals surface area contributed by atoms with E-state index >= 15 is 0 Å². The minimum atomic E-state index is -0.987. The molecule has 0 saturated carbocycles. The molecule has 0 atom stereocenters. The average molecular weight is 207 g/mol. The van der Waals surface area contributed by atoms with Crippen molar-refractivity contribution in [3.05, 3.63) is 36.5 Å². The molecule has 0 fully saturated rings. The first-order chi connectivity index (χ1) is 7.08. The van der Waals surface area contributed by atoms with Crippen molar-refractivity contribution in [3.63, 3.8) is 0 Å². The molecule has 4 heteroatoms. The Labute approximate surface area is 88.2 Å². The van der Waals surface area contributed by atoms with Crippen LogP contribution in [0.5, 0.6) is 5.75 Å². The lowest BCUT2D eigenvalue weighted by atomic mass is 10.3. The van der Waals surface area contributed by atoms with E-state index in [0.717, 1.165) is 11.4 Å². The van der Waals surface area contributed by atoms with Gasteiger partial charge >= 0.3 is 5.97 Å². The highest BCUT2D eigenvalue weighted by atomic mass is 16.5. The number of nitrogens with one attached hydrogen (secondary N) is 1. The van der Waals surface area contributed by atoms with Gasteiger partial charge in [0.1, 0.15) is 5.75 Å². The van der Waals surface area contributed by atoms with E-state index in [1.165, 1.54) is 0 Å². The third-order valence-electron chi connectivity index (χ3n) is 1.57. The van der Waals surface area contributed by atoms with Crippen molar-refractivity contribution in [1.82, 2.24) is 0 Å². The van der Waals surface area contributed by atoms with Crippen LogP contribution < -0.4 is 10.1 Å². The van der Waals surface area contributed by atoms with E-state index in [9.17, 15) is 4.79 Å². The molecule has 0 heterocycles. The molecule has 1 aromatic carbocycles. The van der Waals surface area contributed by atoms with Crippen LogP contribution in [0.4, 0.5) is 5.69 Å². The van der Waals surface area contributed by atoms with Gasteiger partial charge in [0, 0.05) is 11.4 Å². The van der Waals surface area contributed by atoms with Gasteiger partial charge in [0.05, 0.1) is 0 Å². The van der Waals surface area contributed by atoms with Gasteiger partial charge in [-0.1, -0.05) is 6.58 Å². The fraction of sp³-hybridized carbons (Fsp3) is 0.182. The molecule has 0 aliphatic rings. The number of rotatable bonds is 5. The molecule has 4 nitrogen and oxygen atoms in total. The van der Waals surface area contributed by atoms with Crippen molar-refractivity contribution >= 4 is 11.7 Å². The third kappa shape index (κ3) is 4.17. The predicted octanol–water partition coefficient (Wildman–Crippen LogP) is 2.10. The monoisotopic (exact) mass is 207 g/mol. The molecule has 15 heavy (non-hydrogen) atoms. The zero-order valence-electron chi connectivity index (χ0n) is 8.49. The highest BCUT2D eigenvalue weighted by Crippen LogP contribution is 2.16. The van der Waals surface area contributed by atoms with E-state index in [1.54, 1.807) is 24.3 Å². The summed E-state index contributed by atoms with van der Waals surface area (Å²) in [6, 6.07) is 7.00. The summed E-state index contributed by atoms with van der Waals surface area (Å²) in [7, 11) is 0. The van der Waals surface area contributed by atoms with Crippen LogP contribution in [-0.2, 0) is 4.79 Å². The van der Waals surface area contributed by atoms with Gasteiger partial charge in [-0.3, -0.25) is 0 Å². The van der Waals surface area contributed by atoms with Crippen LogP contribution in [0.1, 0.15) is 6.92 Å². The summed E-state index contributed by atoms with van der Waals surface area (Å²) >= 11 is 0. The summed E-state index contributed by atoms with van der Waals surface area (Å²) in [4.78, 5) is 10.2. The molecule has 0 spiro atoms. The second kappa shape index (κ2) is 5.05. The van der Waals surface area contributed by atoms with E-state index in [0.29, 0.717) is 5.75 Å². The zero-order chi connectivity index (χ0) is 11.3. The Morgan fingerprint density at radius 1 is 1.47 bits per heavy atom. The van der Waals surface area contributed by atoms with Crippen molar-refractivity contribution in [2.75, 3.05) is 11.9 Å². The number of benzene rings is 1. The highest BCUT2D eigenvalue weighted by Gasteiger charge is 1.98.